The van der Waals surface area contributed by atoms with Crippen molar-refractivity contribution < 1.29 is 9.53 Å². The first kappa shape index (κ1) is 16.6. The molecule has 3 nitrogen and oxygen atoms in total. The molecule has 0 unspecified atom stereocenters. The molecule has 0 atom stereocenters. The highest BCUT2D eigenvalue weighted by Gasteiger charge is 2.09. The maximum Gasteiger partial charge on any atom is 0.226 e. The lowest BCUT2D eigenvalue weighted by atomic mass is 10.1. The third-order valence-electron chi connectivity index (χ3n) is 3.59. The second kappa shape index (κ2) is 7.99. The van der Waals surface area contributed by atoms with Gasteiger partial charge in [0, 0.05) is 18.1 Å². The van der Waals surface area contributed by atoms with E-state index in [-0.39, 0.29) is 5.91 Å². The van der Waals surface area contributed by atoms with Crippen LogP contribution in [0.4, 0.5) is 0 Å². The number of nitrogens with zero attached hydrogens (tertiary/aromatic N) is 1. The van der Waals surface area contributed by atoms with Crippen LogP contribution in [0.25, 0.3) is 0 Å². The molecule has 2 rings (SSSR count). The fourth-order valence-electron chi connectivity index (χ4n) is 2.13. The highest BCUT2D eigenvalue weighted by molar-refractivity contribution is 9.10. The number of hydrogen-bond acceptors (Lipinski definition) is 2. The van der Waals surface area contributed by atoms with Crippen LogP contribution in [0.5, 0.6) is 5.75 Å². The Labute approximate surface area is 140 Å². The molecule has 0 aliphatic carbocycles. The van der Waals surface area contributed by atoms with E-state index in [1.807, 2.05) is 43.4 Å². The molecule has 0 radical (unpaired) electrons. The summed E-state index contributed by atoms with van der Waals surface area (Å²) in [5.74, 6) is 0.932. The van der Waals surface area contributed by atoms with E-state index >= 15 is 0 Å². The van der Waals surface area contributed by atoms with Crippen molar-refractivity contribution in [3.05, 3.63) is 64.1 Å². The predicted molar refractivity (Wildman–Crippen MR) is 92.2 cm³/mol. The zero-order chi connectivity index (χ0) is 15.9. The van der Waals surface area contributed by atoms with Crippen LogP contribution in [-0.2, 0) is 17.6 Å². The van der Waals surface area contributed by atoms with Gasteiger partial charge in [-0.15, -0.1) is 0 Å². The molecule has 2 aromatic rings. The van der Waals surface area contributed by atoms with Gasteiger partial charge in [0.05, 0.1) is 13.5 Å². The van der Waals surface area contributed by atoms with E-state index in [4.69, 9.17) is 4.74 Å². The Morgan fingerprint density at radius 3 is 2.23 bits per heavy atom. The number of amides is 1. The van der Waals surface area contributed by atoms with Crippen molar-refractivity contribution in [3.8, 4) is 5.75 Å². The smallest absolute Gasteiger partial charge is 0.226 e. The lowest BCUT2D eigenvalue weighted by Gasteiger charge is -2.17. The van der Waals surface area contributed by atoms with Crippen molar-refractivity contribution in [1.29, 1.82) is 0 Å². The first-order valence-corrected chi connectivity index (χ1v) is 7.99. The number of halogens is 1. The molecule has 116 valence electrons. The third-order valence-corrected chi connectivity index (χ3v) is 4.12. The standard InChI is InChI=1S/C18H20BrNO2/c1-20(12-11-14-3-7-16(19)8-4-14)18(21)13-15-5-9-17(22-2)10-6-15/h3-10H,11-13H2,1-2H3. The fraction of sp³-hybridized carbons (Fsp3) is 0.278. The highest BCUT2D eigenvalue weighted by atomic mass is 79.9. The summed E-state index contributed by atoms with van der Waals surface area (Å²) in [5, 5.41) is 0. The first-order chi connectivity index (χ1) is 10.6. The lowest BCUT2D eigenvalue weighted by molar-refractivity contribution is -0.129. The summed E-state index contributed by atoms with van der Waals surface area (Å²) in [6.07, 6.45) is 1.28. The zero-order valence-electron chi connectivity index (χ0n) is 12.9. The van der Waals surface area contributed by atoms with Gasteiger partial charge in [0.1, 0.15) is 5.75 Å². The molecule has 2 aromatic carbocycles. The summed E-state index contributed by atoms with van der Waals surface area (Å²) < 4.78 is 6.19. The van der Waals surface area contributed by atoms with Crippen molar-refractivity contribution in [1.82, 2.24) is 4.90 Å². The maximum atomic E-state index is 12.2. The monoisotopic (exact) mass is 361 g/mol. The Hall–Kier alpha value is -1.81. The van der Waals surface area contributed by atoms with Gasteiger partial charge in [-0.3, -0.25) is 4.79 Å². The minimum absolute atomic E-state index is 0.127. The van der Waals surface area contributed by atoms with E-state index < -0.39 is 0 Å². The number of carbonyl (C=O) groups is 1. The molecule has 4 heteroatoms. The van der Waals surface area contributed by atoms with E-state index in [0.29, 0.717) is 6.42 Å². The van der Waals surface area contributed by atoms with Crippen molar-refractivity contribution in [3.63, 3.8) is 0 Å². The van der Waals surface area contributed by atoms with Gasteiger partial charge in [-0.05, 0) is 41.8 Å². The molecule has 0 aliphatic rings. The van der Waals surface area contributed by atoms with E-state index in [0.717, 1.165) is 28.8 Å². The Morgan fingerprint density at radius 2 is 1.64 bits per heavy atom. The van der Waals surface area contributed by atoms with Gasteiger partial charge in [0.25, 0.3) is 0 Å². The normalized spacial score (nSPS) is 10.3. The average molecular weight is 362 g/mol. The minimum atomic E-state index is 0.127. The summed E-state index contributed by atoms with van der Waals surface area (Å²) in [5.41, 5.74) is 2.23. The Kier molecular flexibility index (Phi) is 6.01. The molecular formula is C18H20BrNO2. The predicted octanol–water partition coefficient (Wildman–Crippen LogP) is 3.70. The van der Waals surface area contributed by atoms with E-state index in [2.05, 4.69) is 28.1 Å². The van der Waals surface area contributed by atoms with Crippen LogP contribution in [0, 0.1) is 0 Å². The maximum absolute atomic E-state index is 12.2. The quantitative estimate of drug-likeness (QED) is 0.784. The van der Waals surface area contributed by atoms with Gasteiger partial charge in [-0.1, -0.05) is 40.2 Å². The summed E-state index contributed by atoms with van der Waals surface area (Å²) in [6.45, 7) is 0.719. The SMILES string of the molecule is COc1ccc(CC(=O)N(C)CCc2ccc(Br)cc2)cc1. The zero-order valence-corrected chi connectivity index (χ0v) is 14.5. The number of benzene rings is 2. The largest absolute Gasteiger partial charge is 0.497 e. The van der Waals surface area contributed by atoms with E-state index in [1.165, 1.54) is 5.56 Å². The van der Waals surface area contributed by atoms with E-state index in [1.54, 1.807) is 12.0 Å². The molecule has 0 saturated carbocycles. The van der Waals surface area contributed by atoms with Crippen LogP contribution >= 0.6 is 15.9 Å². The Balaban J connectivity index is 1.84. The van der Waals surface area contributed by atoms with Gasteiger partial charge in [-0.25, -0.2) is 0 Å². The molecule has 1 amide bonds. The van der Waals surface area contributed by atoms with Gasteiger partial charge in [0.15, 0.2) is 0 Å². The highest BCUT2D eigenvalue weighted by Crippen LogP contribution is 2.13. The molecule has 0 bridgehead atoms. The van der Waals surface area contributed by atoms with Gasteiger partial charge < -0.3 is 9.64 Å². The second-order valence-electron chi connectivity index (χ2n) is 5.22. The van der Waals surface area contributed by atoms with E-state index in [9.17, 15) is 4.79 Å². The second-order valence-corrected chi connectivity index (χ2v) is 6.13. The van der Waals surface area contributed by atoms with Gasteiger partial charge in [-0.2, -0.15) is 0 Å². The number of carbonyl (C=O) groups excluding carboxylic acids is 1. The molecule has 0 spiro atoms. The average Bonchev–Trinajstić information content (AvgIpc) is 2.54. The lowest BCUT2D eigenvalue weighted by Crippen LogP contribution is -2.30. The molecule has 22 heavy (non-hydrogen) atoms. The summed E-state index contributed by atoms with van der Waals surface area (Å²) in [6, 6.07) is 15.8. The van der Waals surface area contributed by atoms with Crippen molar-refractivity contribution >= 4 is 21.8 Å². The molecule has 0 N–H and O–H groups in total. The number of hydrogen-bond donors (Lipinski definition) is 0. The van der Waals surface area contributed by atoms with Crippen LogP contribution < -0.4 is 4.74 Å². The summed E-state index contributed by atoms with van der Waals surface area (Å²) in [7, 11) is 3.49. The van der Waals surface area contributed by atoms with Crippen molar-refractivity contribution in [2.45, 2.75) is 12.8 Å². The number of ether oxygens (including phenoxy) is 1. The van der Waals surface area contributed by atoms with Gasteiger partial charge >= 0.3 is 0 Å². The number of methoxy groups -OCH3 is 1. The van der Waals surface area contributed by atoms with Crippen LogP contribution in [0.2, 0.25) is 0 Å². The van der Waals surface area contributed by atoms with Crippen LogP contribution in [0.1, 0.15) is 11.1 Å². The minimum Gasteiger partial charge on any atom is -0.497 e. The fourth-order valence-corrected chi connectivity index (χ4v) is 2.39. The third kappa shape index (κ3) is 4.88. The molecule has 0 heterocycles. The molecule has 0 aromatic heterocycles. The van der Waals surface area contributed by atoms with Gasteiger partial charge in [0.2, 0.25) is 5.91 Å². The number of rotatable bonds is 6. The summed E-state index contributed by atoms with van der Waals surface area (Å²) >= 11 is 3.42. The van der Waals surface area contributed by atoms with Crippen LogP contribution in [0.3, 0.4) is 0 Å². The first-order valence-electron chi connectivity index (χ1n) is 7.20. The van der Waals surface area contributed by atoms with Crippen molar-refractivity contribution in [2.75, 3.05) is 20.7 Å². The molecule has 0 saturated heterocycles. The van der Waals surface area contributed by atoms with Crippen LogP contribution in [-0.4, -0.2) is 31.5 Å². The summed E-state index contributed by atoms with van der Waals surface area (Å²) in [4.78, 5) is 14.0. The molecule has 0 fully saturated rings. The topological polar surface area (TPSA) is 29.5 Å². The Bertz CT molecular complexity index is 608. The Morgan fingerprint density at radius 1 is 1.05 bits per heavy atom. The molecule has 0 aliphatic heterocycles. The molecular weight excluding hydrogens is 342 g/mol. The van der Waals surface area contributed by atoms with Crippen molar-refractivity contribution in [2.24, 2.45) is 0 Å². The number of likely N-dealkylation sites (N-methyl/N-ethyl adjacent to an activating group) is 1. The van der Waals surface area contributed by atoms with Crippen LogP contribution in [0.15, 0.2) is 53.0 Å².